The van der Waals surface area contributed by atoms with E-state index in [1.807, 2.05) is 0 Å². The molecule has 0 atom stereocenters. The number of nitriles is 1. The van der Waals surface area contributed by atoms with Gasteiger partial charge in [0, 0.05) is 29.8 Å². The average molecular weight is 299 g/mol. The molecule has 4 nitrogen and oxygen atoms in total. The second-order valence-electron chi connectivity index (χ2n) is 6.73. The summed E-state index contributed by atoms with van der Waals surface area (Å²) in [7, 11) is 4.22. The average Bonchev–Trinajstić information content (AvgIpc) is 2.92. The second-order valence-corrected chi connectivity index (χ2v) is 6.73. The van der Waals surface area contributed by atoms with Crippen molar-refractivity contribution in [2.24, 2.45) is 5.41 Å². The fourth-order valence-corrected chi connectivity index (χ4v) is 3.54. The Kier molecular flexibility index (Phi) is 5.20. The van der Waals surface area contributed by atoms with Crippen LogP contribution >= 0.6 is 0 Å². The number of hydrogen-bond acceptors (Lipinski definition) is 4. The van der Waals surface area contributed by atoms with Gasteiger partial charge in [-0.25, -0.2) is 0 Å². The lowest BCUT2D eigenvalue weighted by atomic mass is 9.85. The number of ketones is 1. The first kappa shape index (κ1) is 16.5. The fraction of sp³-hybridized carbons (Fsp3) is 0.556. The summed E-state index contributed by atoms with van der Waals surface area (Å²) in [4.78, 5) is 14.0. The summed E-state index contributed by atoms with van der Waals surface area (Å²) in [6.07, 6.45) is 4.97. The van der Waals surface area contributed by atoms with Gasteiger partial charge in [0.05, 0.1) is 11.6 Å². The van der Waals surface area contributed by atoms with E-state index in [9.17, 15) is 4.79 Å². The smallest absolute Gasteiger partial charge is 0.161 e. The van der Waals surface area contributed by atoms with Gasteiger partial charge in [-0.3, -0.25) is 4.79 Å². The maximum atomic E-state index is 11.8. The molecular weight excluding hydrogens is 274 g/mol. The molecule has 1 aliphatic rings. The van der Waals surface area contributed by atoms with E-state index >= 15 is 0 Å². The first-order chi connectivity index (χ1) is 10.5. The van der Waals surface area contributed by atoms with E-state index in [2.05, 4.69) is 30.4 Å². The van der Waals surface area contributed by atoms with Crippen molar-refractivity contribution < 1.29 is 4.79 Å². The lowest BCUT2D eigenvalue weighted by Gasteiger charge is -2.33. The van der Waals surface area contributed by atoms with Crippen LogP contribution in [0.2, 0.25) is 0 Å². The quantitative estimate of drug-likeness (QED) is 0.819. The predicted molar refractivity (Wildman–Crippen MR) is 89.1 cm³/mol. The normalized spacial score (nSPS) is 16.5. The molecule has 118 valence electrons. The van der Waals surface area contributed by atoms with Gasteiger partial charge >= 0.3 is 0 Å². The van der Waals surface area contributed by atoms with E-state index in [0.29, 0.717) is 11.1 Å². The highest BCUT2D eigenvalue weighted by molar-refractivity contribution is 5.99. The standard InChI is InChI=1S/C18H25N3O/c1-14(22)16-7-6-15(11-19)10-17(16)20-12-18(13-21(2)3)8-4-5-9-18/h6-7,10,20H,4-5,8-9,12-13H2,1-3H3. The van der Waals surface area contributed by atoms with Crippen molar-refractivity contribution in [2.45, 2.75) is 32.6 Å². The van der Waals surface area contributed by atoms with Crippen LogP contribution < -0.4 is 5.32 Å². The molecule has 1 aromatic carbocycles. The molecule has 2 rings (SSSR count). The van der Waals surface area contributed by atoms with Crippen LogP contribution in [0.1, 0.15) is 48.5 Å². The second kappa shape index (κ2) is 6.93. The molecule has 0 unspecified atom stereocenters. The van der Waals surface area contributed by atoms with E-state index in [4.69, 9.17) is 5.26 Å². The van der Waals surface area contributed by atoms with E-state index in [1.54, 1.807) is 25.1 Å². The van der Waals surface area contributed by atoms with Gasteiger partial charge in [0.15, 0.2) is 5.78 Å². The maximum absolute atomic E-state index is 11.8. The van der Waals surface area contributed by atoms with Gasteiger partial charge in [-0.15, -0.1) is 0 Å². The molecule has 1 N–H and O–H groups in total. The largest absolute Gasteiger partial charge is 0.384 e. The minimum atomic E-state index is 0.0278. The minimum absolute atomic E-state index is 0.0278. The first-order valence-electron chi connectivity index (χ1n) is 7.89. The van der Waals surface area contributed by atoms with Gasteiger partial charge in [-0.05, 0) is 52.1 Å². The summed E-state index contributed by atoms with van der Waals surface area (Å²) in [5.41, 5.74) is 2.30. The lowest BCUT2D eigenvalue weighted by molar-refractivity contribution is 0.101. The number of Topliss-reactive ketones (excluding diaryl/α,β-unsaturated/α-hetero) is 1. The highest BCUT2D eigenvalue weighted by atomic mass is 16.1. The molecule has 1 aliphatic carbocycles. The van der Waals surface area contributed by atoms with Crippen molar-refractivity contribution in [1.29, 1.82) is 5.26 Å². The molecule has 0 radical (unpaired) electrons. The Bertz CT molecular complexity index is 580. The van der Waals surface area contributed by atoms with Gasteiger partial charge < -0.3 is 10.2 Å². The van der Waals surface area contributed by atoms with Crippen LogP contribution in [0.25, 0.3) is 0 Å². The Hall–Kier alpha value is -1.86. The molecule has 0 bridgehead atoms. The van der Waals surface area contributed by atoms with Crippen molar-refractivity contribution in [3.8, 4) is 6.07 Å². The van der Waals surface area contributed by atoms with Crippen LogP contribution in [0.4, 0.5) is 5.69 Å². The van der Waals surface area contributed by atoms with Crippen LogP contribution in [0, 0.1) is 16.7 Å². The third-order valence-electron chi connectivity index (χ3n) is 4.50. The van der Waals surface area contributed by atoms with Crippen LogP contribution in [0.5, 0.6) is 0 Å². The number of nitrogens with one attached hydrogen (secondary N) is 1. The highest BCUT2D eigenvalue weighted by Crippen LogP contribution is 2.39. The molecule has 1 saturated carbocycles. The number of benzene rings is 1. The van der Waals surface area contributed by atoms with Crippen molar-refractivity contribution >= 4 is 11.5 Å². The van der Waals surface area contributed by atoms with Gasteiger partial charge in [0.25, 0.3) is 0 Å². The van der Waals surface area contributed by atoms with Crippen LogP contribution in [-0.2, 0) is 0 Å². The van der Waals surface area contributed by atoms with Gasteiger partial charge in [0.2, 0.25) is 0 Å². The van der Waals surface area contributed by atoms with Gasteiger partial charge in [0.1, 0.15) is 0 Å². The van der Waals surface area contributed by atoms with Gasteiger partial charge in [-0.1, -0.05) is 12.8 Å². The third-order valence-corrected chi connectivity index (χ3v) is 4.50. The Labute approximate surface area is 133 Å². The van der Waals surface area contributed by atoms with E-state index in [-0.39, 0.29) is 11.2 Å². The summed E-state index contributed by atoms with van der Waals surface area (Å²) >= 11 is 0. The van der Waals surface area contributed by atoms with Crippen LogP contribution in [-0.4, -0.2) is 37.9 Å². The minimum Gasteiger partial charge on any atom is -0.384 e. The van der Waals surface area contributed by atoms with Crippen LogP contribution in [0.3, 0.4) is 0 Å². The summed E-state index contributed by atoms with van der Waals surface area (Å²) in [6, 6.07) is 7.38. The number of rotatable bonds is 6. The Morgan fingerprint density at radius 2 is 2.05 bits per heavy atom. The van der Waals surface area contributed by atoms with Crippen molar-refractivity contribution in [1.82, 2.24) is 4.90 Å². The summed E-state index contributed by atoms with van der Waals surface area (Å²) < 4.78 is 0. The number of hydrogen-bond donors (Lipinski definition) is 1. The van der Waals surface area contributed by atoms with Crippen LogP contribution in [0.15, 0.2) is 18.2 Å². The zero-order chi connectivity index (χ0) is 16.2. The monoisotopic (exact) mass is 299 g/mol. The SMILES string of the molecule is CC(=O)c1ccc(C#N)cc1NCC1(CN(C)C)CCCC1. The fourth-order valence-electron chi connectivity index (χ4n) is 3.54. The molecule has 0 amide bonds. The van der Waals surface area contributed by atoms with E-state index in [0.717, 1.165) is 18.8 Å². The highest BCUT2D eigenvalue weighted by Gasteiger charge is 2.34. The summed E-state index contributed by atoms with van der Waals surface area (Å²) in [5, 5.41) is 12.5. The molecular formula is C18H25N3O. The molecule has 0 saturated heterocycles. The number of carbonyl (C=O) groups is 1. The summed E-state index contributed by atoms with van der Waals surface area (Å²) in [6.45, 7) is 3.46. The number of carbonyl (C=O) groups excluding carboxylic acids is 1. The molecule has 0 spiro atoms. The van der Waals surface area contributed by atoms with Crippen molar-refractivity contribution in [3.63, 3.8) is 0 Å². The Balaban J connectivity index is 2.19. The molecule has 22 heavy (non-hydrogen) atoms. The van der Waals surface area contributed by atoms with Crippen molar-refractivity contribution in [3.05, 3.63) is 29.3 Å². The zero-order valence-electron chi connectivity index (χ0n) is 13.8. The lowest BCUT2D eigenvalue weighted by Crippen LogP contribution is -2.37. The maximum Gasteiger partial charge on any atom is 0.161 e. The summed E-state index contributed by atoms with van der Waals surface area (Å²) in [5.74, 6) is 0.0278. The Morgan fingerprint density at radius 1 is 1.36 bits per heavy atom. The van der Waals surface area contributed by atoms with Crippen molar-refractivity contribution in [2.75, 3.05) is 32.5 Å². The number of anilines is 1. The molecule has 0 heterocycles. The van der Waals surface area contributed by atoms with E-state index in [1.165, 1.54) is 25.7 Å². The third kappa shape index (κ3) is 3.86. The van der Waals surface area contributed by atoms with E-state index < -0.39 is 0 Å². The molecule has 0 aromatic heterocycles. The molecule has 1 fully saturated rings. The topological polar surface area (TPSA) is 56.1 Å². The van der Waals surface area contributed by atoms with Gasteiger partial charge in [-0.2, -0.15) is 5.26 Å². The molecule has 1 aromatic rings. The predicted octanol–water partition coefficient (Wildman–Crippen LogP) is 3.29. The molecule has 4 heteroatoms. The Morgan fingerprint density at radius 3 is 2.59 bits per heavy atom. The zero-order valence-corrected chi connectivity index (χ0v) is 13.8. The first-order valence-corrected chi connectivity index (χ1v) is 7.89. The number of nitrogens with zero attached hydrogens (tertiary/aromatic N) is 2. The molecule has 0 aliphatic heterocycles.